The zero-order valence-corrected chi connectivity index (χ0v) is 12.7. The number of ether oxygens (including phenoxy) is 1. The Kier molecular flexibility index (Phi) is 5.78. The summed E-state index contributed by atoms with van der Waals surface area (Å²) in [7, 11) is 0. The standard InChI is InChI=1S/C16H19NO3S/c1-12-4-6-13(7-5-12)20-11-16(19)17-9-8-14(18)15-3-2-10-21-15/h2-7,10,14,18H,8-9,11H2,1H3,(H,17,19). The molecular formula is C16H19NO3S. The average Bonchev–Trinajstić information content (AvgIpc) is 3.01. The molecule has 0 aliphatic heterocycles. The Morgan fingerprint density at radius 3 is 2.76 bits per heavy atom. The van der Waals surface area contributed by atoms with Gasteiger partial charge in [-0.3, -0.25) is 4.79 Å². The molecular weight excluding hydrogens is 286 g/mol. The first-order valence-electron chi connectivity index (χ1n) is 6.83. The molecule has 0 saturated heterocycles. The van der Waals surface area contributed by atoms with Crippen LogP contribution in [0.25, 0.3) is 0 Å². The van der Waals surface area contributed by atoms with Gasteiger partial charge in [-0.25, -0.2) is 0 Å². The maximum atomic E-state index is 11.6. The van der Waals surface area contributed by atoms with Gasteiger partial charge >= 0.3 is 0 Å². The second kappa shape index (κ2) is 7.81. The molecule has 2 aromatic rings. The number of amides is 1. The third kappa shape index (κ3) is 5.21. The Morgan fingerprint density at radius 1 is 1.33 bits per heavy atom. The lowest BCUT2D eigenvalue weighted by Crippen LogP contribution is -2.30. The van der Waals surface area contributed by atoms with Crippen LogP contribution in [0.4, 0.5) is 0 Å². The van der Waals surface area contributed by atoms with Gasteiger partial charge in [-0.2, -0.15) is 0 Å². The fourth-order valence-electron chi connectivity index (χ4n) is 1.81. The van der Waals surface area contributed by atoms with Crippen LogP contribution < -0.4 is 10.1 Å². The summed E-state index contributed by atoms with van der Waals surface area (Å²) < 4.78 is 5.38. The molecule has 1 aromatic carbocycles. The van der Waals surface area contributed by atoms with E-state index in [0.717, 1.165) is 10.4 Å². The van der Waals surface area contributed by atoms with E-state index in [4.69, 9.17) is 4.74 Å². The minimum Gasteiger partial charge on any atom is -0.484 e. The van der Waals surface area contributed by atoms with Crippen LogP contribution in [0.2, 0.25) is 0 Å². The van der Waals surface area contributed by atoms with E-state index in [9.17, 15) is 9.90 Å². The van der Waals surface area contributed by atoms with Crippen LogP contribution in [0.5, 0.6) is 5.75 Å². The lowest BCUT2D eigenvalue weighted by Gasteiger charge is -2.10. The van der Waals surface area contributed by atoms with Crippen molar-refractivity contribution in [3.05, 3.63) is 52.2 Å². The van der Waals surface area contributed by atoms with Crippen LogP contribution >= 0.6 is 11.3 Å². The largest absolute Gasteiger partial charge is 0.484 e. The Labute approximate surface area is 128 Å². The molecule has 4 nitrogen and oxygen atoms in total. The number of carbonyl (C=O) groups is 1. The molecule has 21 heavy (non-hydrogen) atoms. The lowest BCUT2D eigenvalue weighted by molar-refractivity contribution is -0.123. The highest BCUT2D eigenvalue weighted by molar-refractivity contribution is 7.10. The zero-order valence-electron chi connectivity index (χ0n) is 11.9. The van der Waals surface area contributed by atoms with Crippen molar-refractivity contribution in [3.8, 4) is 5.75 Å². The highest BCUT2D eigenvalue weighted by atomic mass is 32.1. The van der Waals surface area contributed by atoms with Gasteiger partial charge < -0.3 is 15.2 Å². The van der Waals surface area contributed by atoms with Crippen LogP contribution in [-0.2, 0) is 4.79 Å². The molecule has 0 bridgehead atoms. The maximum Gasteiger partial charge on any atom is 0.257 e. The van der Waals surface area contributed by atoms with Gasteiger partial charge in [0.2, 0.25) is 0 Å². The quantitative estimate of drug-likeness (QED) is 0.827. The predicted octanol–water partition coefficient (Wildman–Crippen LogP) is 2.68. The van der Waals surface area contributed by atoms with E-state index in [1.807, 2.05) is 48.7 Å². The van der Waals surface area contributed by atoms with Crippen molar-refractivity contribution in [1.29, 1.82) is 0 Å². The van der Waals surface area contributed by atoms with Gasteiger partial charge in [-0.15, -0.1) is 11.3 Å². The summed E-state index contributed by atoms with van der Waals surface area (Å²) in [4.78, 5) is 12.6. The molecule has 0 spiro atoms. The molecule has 5 heteroatoms. The second-order valence-electron chi connectivity index (χ2n) is 4.77. The van der Waals surface area contributed by atoms with Gasteiger partial charge in [0.1, 0.15) is 5.75 Å². The van der Waals surface area contributed by atoms with Crippen molar-refractivity contribution in [1.82, 2.24) is 5.32 Å². The summed E-state index contributed by atoms with van der Waals surface area (Å²) in [5.74, 6) is 0.489. The molecule has 0 radical (unpaired) electrons. The fraction of sp³-hybridized carbons (Fsp3) is 0.312. The molecule has 2 rings (SSSR count). The summed E-state index contributed by atoms with van der Waals surface area (Å²) in [6.07, 6.45) is -0.0279. The van der Waals surface area contributed by atoms with Crippen LogP contribution in [0, 0.1) is 6.92 Å². The predicted molar refractivity (Wildman–Crippen MR) is 83.6 cm³/mol. The van der Waals surface area contributed by atoms with Crippen molar-refractivity contribution in [2.45, 2.75) is 19.4 Å². The summed E-state index contributed by atoms with van der Waals surface area (Å²) in [5.41, 5.74) is 1.15. The molecule has 1 heterocycles. The van der Waals surface area contributed by atoms with Gasteiger partial charge in [-0.1, -0.05) is 23.8 Å². The Morgan fingerprint density at radius 2 is 2.10 bits per heavy atom. The van der Waals surface area contributed by atoms with Gasteiger partial charge in [0, 0.05) is 11.4 Å². The minimum atomic E-state index is -0.525. The molecule has 0 aliphatic rings. The first-order valence-corrected chi connectivity index (χ1v) is 7.71. The smallest absolute Gasteiger partial charge is 0.257 e. The molecule has 1 unspecified atom stereocenters. The summed E-state index contributed by atoms with van der Waals surface area (Å²) in [6.45, 7) is 2.41. The molecule has 112 valence electrons. The molecule has 2 N–H and O–H groups in total. The Bertz CT molecular complexity index is 551. The monoisotopic (exact) mass is 305 g/mol. The Hall–Kier alpha value is -1.85. The maximum absolute atomic E-state index is 11.6. The molecule has 1 aromatic heterocycles. The highest BCUT2D eigenvalue weighted by Crippen LogP contribution is 2.20. The number of nitrogens with one attached hydrogen (secondary N) is 1. The van der Waals surface area contributed by atoms with Gasteiger partial charge in [0.25, 0.3) is 5.91 Å². The van der Waals surface area contributed by atoms with Crippen molar-refractivity contribution >= 4 is 17.2 Å². The Balaban J connectivity index is 1.64. The lowest BCUT2D eigenvalue weighted by atomic mass is 10.2. The third-order valence-electron chi connectivity index (χ3n) is 3.00. The number of aryl methyl sites for hydroxylation is 1. The molecule has 1 atom stereocenters. The second-order valence-corrected chi connectivity index (χ2v) is 5.75. The van der Waals surface area contributed by atoms with E-state index in [1.165, 1.54) is 11.3 Å². The SMILES string of the molecule is Cc1ccc(OCC(=O)NCCC(O)c2cccs2)cc1. The van der Waals surface area contributed by atoms with Crippen LogP contribution in [0.3, 0.4) is 0 Å². The van der Waals surface area contributed by atoms with E-state index in [0.29, 0.717) is 18.7 Å². The van der Waals surface area contributed by atoms with Crippen molar-refractivity contribution in [2.75, 3.05) is 13.2 Å². The minimum absolute atomic E-state index is 0.0157. The van der Waals surface area contributed by atoms with E-state index < -0.39 is 6.10 Å². The first kappa shape index (κ1) is 15.5. The molecule has 0 fully saturated rings. The van der Waals surface area contributed by atoms with E-state index in [2.05, 4.69) is 5.32 Å². The van der Waals surface area contributed by atoms with Gasteiger partial charge in [0.15, 0.2) is 6.61 Å². The van der Waals surface area contributed by atoms with Crippen molar-refractivity contribution in [3.63, 3.8) is 0 Å². The number of thiophene rings is 1. The number of carbonyl (C=O) groups excluding carboxylic acids is 1. The van der Waals surface area contributed by atoms with Crippen molar-refractivity contribution in [2.24, 2.45) is 0 Å². The average molecular weight is 305 g/mol. The summed E-state index contributed by atoms with van der Waals surface area (Å²) >= 11 is 1.51. The molecule has 0 aliphatic carbocycles. The number of benzene rings is 1. The zero-order chi connectivity index (χ0) is 15.1. The number of hydrogen-bond acceptors (Lipinski definition) is 4. The van der Waals surface area contributed by atoms with Gasteiger partial charge in [-0.05, 0) is 36.9 Å². The van der Waals surface area contributed by atoms with Crippen LogP contribution in [0.15, 0.2) is 41.8 Å². The van der Waals surface area contributed by atoms with E-state index >= 15 is 0 Å². The first-order chi connectivity index (χ1) is 10.1. The topological polar surface area (TPSA) is 58.6 Å². The normalized spacial score (nSPS) is 11.9. The summed E-state index contributed by atoms with van der Waals surface area (Å²) in [5, 5.41) is 14.5. The highest BCUT2D eigenvalue weighted by Gasteiger charge is 2.09. The number of aliphatic hydroxyl groups excluding tert-OH is 1. The summed E-state index contributed by atoms with van der Waals surface area (Å²) in [6, 6.07) is 11.3. The molecule has 0 saturated carbocycles. The molecule has 1 amide bonds. The number of rotatable bonds is 7. The third-order valence-corrected chi connectivity index (χ3v) is 3.98. The van der Waals surface area contributed by atoms with E-state index in [1.54, 1.807) is 0 Å². The van der Waals surface area contributed by atoms with Crippen LogP contribution in [0.1, 0.15) is 23.0 Å². The van der Waals surface area contributed by atoms with E-state index in [-0.39, 0.29) is 12.5 Å². The number of hydrogen-bond donors (Lipinski definition) is 2. The van der Waals surface area contributed by atoms with Crippen LogP contribution in [-0.4, -0.2) is 24.2 Å². The number of aliphatic hydroxyl groups is 1. The van der Waals surface area contributed by atoms with Crippen molar-refractivity contribution < 1.29 is 14.6 Å². The van der Waals surface area contributed by atoms with Gasteiger partial charge in [0.05, 0.1) is 6.10 Å². The fourth-order valence-corrected chi connectivity index (χ4v) is 2.55.